The fourth-order valence-corrected chi connectivity index (χ4v) is 2.32. The van der Waals surface area contributed by atoms with Gasteiger partial charge in [0.15, 0.2) is 0 Å². The summed E-state index contributed by atoms with van der Waals surface area (Å²) in [7, 11) is -7.09. The van der Waals surface area contributed by atoms with Gasteiger partial charge in [0.1, 0.15) is 5.76 Å². The smallest absolute Gasteiger partial charge is 0.264 e. The molecule has 1 aromatic heterocycles. The van der Waals surface area contributed by atoms with Crippen LogP contribution in [0.1, 0.15) is 11.5 Å². The molecular weight excluding hydrogens is 438 g/mol. The van der Waals surface area contributed by atoms with Crippen molar-refractivity contribution in [2.45, 2.75) is 13.3 Å². The summed E-state index contributed by atoms with van der Waals surface area (Å²) in [4.78, 5) is 4.37. The van der Waals surface area contributed by atoms with E-state index in [1.807, 2.05) is 24.3 Å². The van der Waals surface area contributed by atoms with Gasteiger partial charge in [-0.1, -0.05) is 15.9 Å². The monoisotopic (exact) mass is 455 g/mol. The van der Waals surface area contributed by atoms with Crippen LogP contribution in [0.15, 0.2) is 33.2 Å². The van der Waals surface area contributed by atoms with Gasteiger partial charge in [-0.25, -0.2) is 4.98 Å². The van der Waals surface area contributed by atoms with Crippen LogP contribution in [0.2, 0.25) is 0 Å². The summed E-state index contributed by atoms with van der Waals surface area (Å²) in [6.45, 7) is 1.86. The zero-order valence-electron chi connectivity index (χ0n) is 13.8. The predicted molar refractivity (Wildman–Crippen MR) is 96.3 cm³/mol. The van der Waals surface area contributed by atoms with Crippen molar-refractivity contribution in [2.24, 2.45) is 0 Å². The van der Waals surface area contributed by atoms with E-state index >= 15 is 0 Å². The summed E-state index contributed by atoms with van der Waals surface area (Å²) < 4.78 is 58.9. The Morgan fingerprint density at radius 3 is 2.16 bits per heavy atom. The number of hydrogen-bond acceptors (Lipinski definition) is 7. The van der Waals surface area contributed by atoms with Gasteiger partial charge in [-0.15, -0.1) is 0 Å². The van der Waals surface area contributed by atoms with Gasteiger partial charge in [-0.05, 0) is 31.2 Å². The summed E-state index contributed by atoms with van der Waals surface area (Å²) in [5.41, 5.74) is 1.57. The molecule has 1 heterocycles. The number of rotatable bonds is 5. The molecule has 0 unspecified atom stereocenters. The standard InChI is InChI=1S/C13H14BrNO4S.CH4O3S/c1-9-12(7-8-18-20(2,16)17)15-13(19-9)10-3-5-11(14)6-4-10;1-5(2,3)4/h3-6H,7-8H2,1-2H3;1H3,(H,2,3,4). The molecule has 1 aromatic carbocycles. The molecule has 0 amide bonds. The van der Waals surface area contributed by atoms with Crippen molar-refractivity contribution in [3.63, 3.8) is 0 Å². The van der Waals surface area contributed by atoms with Crippen LogP contribution in [0, 0.1) is 6.92 Å². The first-order chi connectivity index (χ1) is 11.3. The van der Waals surface area contributed by atoms with Crippen molar-refractivity contribution >= 4 is 36.2 Å². The first-order valence-electron chi connectivity index (χ1n) is 6.84. The molecule has 0 saturated heterocycles. The second kappa shape index (κ2) is 8.90. The summed E-state index contributed by atoms with van der Waals surface area (Å²) in [6, 6.07) is 7.60. The third kappa shape index (κ3) is 9.70. The van der Waals surface area contributed by atoms with Crippen molar-refractivity contribution in [3.05, 3.63) is 40.2 Å². The first kappa shape index (κ1) is 21.8. The Morgan fingerprint density at radius 1 is 1.16 bits per heavy atom. The van der Waals surface area contributed by atoms with Crippen molar-refractivity contribution < 1.29 is 30.0 Å². The lowest BCUT2D eigenvalue weighted by Crippen LogP contribution is -2.06. The summed E-state index contributed by atoms with van der Waals surface area (Å²) in [5, 5.41) is 0. The van der Waals surface area contributed by atoms with E-state index < -0.39 is 20.2 Å². The normalized spacial score (nSPS) is 11.7. The minimum absolute atomic E-state index is 0.0615. The van der Waals surface area contributed by atoms with E-state index in [4.69, 9.17) is 13.2 Å². The zero-order chi connectivity index (χ0) is 19.3. The molecule has 11 heteroatoms. The molecule has 1 N–H and O–H groups in total. The van der Waals surface area contributed by atoms with Gasteiger partial charge in [-0.3, -0.25) is 8.74 Å². The zero-order valence-corrected chi connectivity index (χ0v) is 17.0. The number of benzene rings is 1. The Hall–Kier alpha value is -1.27. The maximum absolute atomic E-state index is 10.9. The Bertz CT molecular complexity index is 895. The van der Waals surface area contributed by atoms with Crippen molar-refractivity contribution in [1.82, 2.24) is 4.98 Å². The van der Waals surface area contributed by atoms with Crippen molar-refractivity contribution in [3.8, 4) is 11.5 Å². The van der Waals surface area contributed by atoms with Gasteiger partial charge in [0.05, 0.1) is 24.8 Å². The van der Waals surface area contributed by atoms with Crippen LogP contribution in [-0.4, -0.2) is 45.5 Å². The minimum Gasteiger partial charge on any atom is -0.441 e. The van der Waals surface area contributed by atoms with Crippen LogP contribution in [0.25, 0.3) is 11.5 Å². The molecule has 2 aromatic rings. The van der Waals surface area contributed by atoms with E-state index in [0.717, 1.165) is 16.3 Å². The van der Waals surface area contributed by atoms with Crippen LogP contribution in [-0.2, 0) is 30.8 Å². The average molecular weight is 456 g/mol. The molecule has 0 radical (unpaired) electrons. The Morgan fingerprint density at radius 2 is 1.68 bits per heavy atom. The highest BCUT2D eigenvalue weighted by molar-refractivity contribution is 9.10. The molecule has 0 aliphatic carbocycles. The fourth-order valence-electron chi connectivity index (χ4n) is 1.67. The minimum atomic E-state index is -3.67. The lowest BCUT2D eigenvalue weighted by molar-refractivity contribution is 0.324. The topological polar surface area (TPSA) is 124 Å². The third-order valence-electron chi connectivity index (χ3n) is 2.62. The highest BCUT2D eigenvalue weighted by atomic mass is 79.9. The molecule has 0 atom stereocenters. The number of aryl methyl sites for hydroxylation is 1. The van der Waals surface area contributed by atoms with Gasteiger partial charge in [0, 0.05) is 16.5 Å². The summed E-state index contributed by atoms with van der Waals surface area (Å²) in [6.07, 6.45) is 2.13. The quantitative estimate of drug-likeness (QED) is 0.538. The van der Waals surface area contributed by atoms with E-state index in [-0.39, 0.29) is 6.61 Å². The molecule has 0 spiro atoms. The Balaban J connectivity index is 0.000000550. The van der Waals surface area contributed by atoms with Gasteiger partial charge in [0.25, 0.3) is 20.2 Å². The average Bonchev–Trinajstić information content (AvgIpc) is 2.78. The van der Waals surface area contributed by atoms with Crippen LogP contribution >= 0.6 is 15.9 Å². The SMILES string of the molecule is CS(=O)(=O)O.Cc1oc(-c2ccc(Br)cc2)nc1CCOS(C)(=O)=O. The molecule has 0 fully saturated rings. The van der Waals surface area contributed by atoms with Gasteiger partial charge in [0.2, 0.25) is 5.89 Å². The summed E-state index contributed by atoms with van der Waals surface area (Å²) >= 11 is 3.37. The maximum atomic E-state index is 10.9. The van der Waals surface area contributed by atoms with Crippen LogP contribution in [0.5, 0.6) is 0 Å². The molecule has 8 nitrogen and oxygen atoms in total. The molecule has 0 bridgehead atoms. The van der Waals surface area contributed by atoms with Crippen LogP contribution in [0.4, 0.5) is 0 Å². The van der Waals surface area contributed by atoms with Crippen molar-refractivity contribution in [1.29, 1.82) is 0 Å². The van der Waals surface area contributed by atoms with E-state index in [1.165, 1.54) is 0 Å². The lowest BCUT2D eigenvalue weighted by Gasteiger charge is -1.98. The number of nitrogens with zero attached hydrogens (tertiary/aromatic N) is 1. The second-order valence-electron chi connectivity index (χ2n) is 5.04. The summed E-state index contributed by atoms with van der Waals surface area (Å²) in [5.74, 6) is 1.18. The molecule has 0 saturated carbocycles. The fraction of sp³-hybridized carbons (Fsp3) is 0.357. The Labute approximate surface area is 155 Å². The lowest BCUT2D eigenvalue weighted by atomic mass is 10.2. The van der Waals surface area contributed by atoms with Gasteiger partial charge >= 0.3 is 0 Å². The van der Waals surface area contributed by atoms with E-state index in [9.17, 15) is 16.8 Å². The highest BCUT2D eigenvalue weighted by Crippen LogP contribution is 2.23. The largest absolute Gasteiger partial charge is 0.441 e. The number of halogens is 1. The number of hydrogen-bond donors (Lipinski definition) is 1. The second-order valence-corrected chi connectivity index (χ2v) is 9.06. The predicted octanol–water partition coefficient (Wildman–Crippen LogP) is 2.44. The van der Waals surface area contributed by atoms with E-state index in [0.29, 0.717) is 30.0 Å². The van der Waals surface area contributed by atoms with Crippen LogP contribution < -0.4 is 0 Å². The first-order valence-corrected chi connectivity index (χ1v) is 11.3. The number of oxazole rings is 1. The third-order valence-corrected chi connectivity index (χ3v) is 3.74. The molecule has 2 rings (SSSR count). The van der Waals surface area contributed by atoms with Gasteiger partial charge < -0.3 is 4.42 Å². The highest BCUT2D eigenvalue weighted by Gasteiger charge is 2.12. The van der Waals surface area contributed by atoms with Crippen molar-refractivity contribution in [2.75, 3.05) is 19.1 Å². The molecule has 140 valence electrons. The number of aromatic nitrogens is 1. The van der Waals surface area contributed by atoms with Crippen LogP contribution in [0.3, 0.4) is 0 Å². The van der Waals surface area contributed by atoms with Gasteiger partial charge in [-0.2, -0.15) is 16.8 Å². The van der Waals surface area contributed by atoms with E-state index in [2.05, 4.69) is 20.9 Å². The molecular formula is C14H18BrNO7S2. The Kier molecular flexibility index (Phi) is 7.75. The maximum Gasteiger partial charge on any atom is 0.264 e. The molecule has 0 aliphatic heterocycles. The molecule has 25 heavy (non-hydrogen) atoms. The van der Waals surface area contributed by atoms with E-state index in [1.54, 1.807) is 6.92 Å². The molecule has 0 aliphatic rings.